The van der Waals surface area contributed by atoms with Crippen LogP contribution in [0.15, 0.2) is 109 Å². The van der Waals surface area contributed by atoms with E-state index in [1.165, 1.54) is 33.6 Å². The molecule has 0 aliphatic carbocycles. The van der Waals surface area contributed by atoms with Gasteiger partial charge in [-0.1, -0.05) is 60.7 Å². The van der Waals surface area contributed by atoms with Crippen molar-refractivity contribution in [3.63, 3.8) is 0 Å². The first-order chi connectivity index (χ1) is 18.6. The van der Waals surface area contributed by atoms with E-state index >= 15 is 0 Å². The zero-order valence-corrected chi connectivity index (χ0v) is 19.9. The molecule has 0 radical (unpaired) electrons. The van der Waals surface area contributed by atoms with Gasteiger partial charge in [-0.25, -0.2) is 9.36 Å². The molecular formula is C29H18F6N4. The summed E-state index contributed by atoms with van der Waals surface area (Å²) >= 11 is 0. The topological polar surface area (TPSA) is 35.6 Å². The van der Waals surface area contributed by atoms with Crippen molar-refractivity contribution in [1.29, 1.82) is 0 Å². The second-order valence-electron chi connectivity index (χ2n) is 9.11. The molecule has 39 heavy (non-hydrogen) atoms. The van der Waals surface area contributed by atoms with Crippen molar-refractivity contribution in [2.45, 2.75) is 17.8 Å². The van der Waals surface area contributed by atoms with E-state index in [4.69, 9.17) is 0 Å². The van der Waals surface area contributed by atoms with E-state index in [0.717, 1.165) is 24.3 Å². The molecule has 4 nitrogen and oxygen atoms in total. The number of fused-ring (bicyclic) bond motifs is 2. The Morgan fingerprint density at radius 3 is 1.28 bits per heavy atom. The van der Waals surface area contributed by atoms with E-state index < -0.39 is 28.9 Å². The third kappa shape index (κ3) is 3.94. The van der Waals surface area contributed by atoms with E-state index in [-0.39, 0.29) is 11.4 Å². The molecule has 4 aromatic carbocycles. The van der Waals surface area contributed by atoms with E-state index in [1.807, 2.05) is 0 Å². The Morgan fingerprint density at radius 2 is 0.897 bits per heavy atom. The van der Waals surface area contributed by atoms with Crippen LogP contribution in [-0.2, 0) is 5.41 Å². The summed E-state index contributed by atoms with van der Waals surface area (Å²) < 4.78 is 91.8. The van der Waals surface area contributed by atoms with Crippen LogP contribution in [0.25, 0.3) is 33.2 Å². The maximum absolute atomic E-state index is 14.9. The molecule has 10 heteroatoms. The van der Waals surface area contributed by atoms with E-state index in [2.05, 4.69) is 10.2 Å². The van der Waals surface area contributed by atoms with Crippen LogP contribution in [0, 0.1) is 0 Å². The highest BCUT2D eigenvalue weighted by atomic mass is 19.4. The minimum atomic E-state index is -5.73. The van der Waals surface area contributed by atoms with Gasteiger partial charge in [0.15, 0.2) is 0 Å². The first-order valence-corrected chi connectivity index (χ1v) is 11.8. The third-order valence-corrected chi connectivity index (χ3v) is 6.77. The van der Waals surface area contributed by atoms with Crippen LogP contribution in [0.3, 0.4) is 0 Å². The number of hydrogen-bond donors (Lipinski definition) is 0. The van der Waals surface area contributed by atoms with Crippen molar-refractivity contribution >= 4 is 21.8 Å². The summed E-state index contributed by atoms with van der Waals surface area (Å²) in [5.41, 5.74) is -5.01. The fourth-order valence-electron chi connectivity index (χ4n) is 4.94. The van der Waals surface area contributed by atoms with Crippen molar-refractivity contribution in [1.82, 2.24) is 19.6 Å². The van der Waals surface area contributed by atoms with Crippen molar-refractivity contribution in [3.8, 4) is 11.4 Å². The fourth-order valence-corrected chi connectivity index (χ4v) is 4.94. The summed E-state index contributed by atoms with van der Waals surface area (Å²) in [7, 11) is 0. The smallest absolute Gasteiger partial charge is 0.240 e. The monoisotopic (exact) mass is 536 g/mol. The second-order valence-corrected chi connectivity index (χ2v) is 9.11. The van der Waals surface area contributed by atoms with Gasteiger partial charge < -0.3 is 0 Å². The lowest BCUT2D eigenvalue weighted by molar-refractivity contribution is -0.288. The zero-order chi connectivity index (χ0) is 27.4. The maximum atomic E-state index is 14.9. The van der Waals surface area contributed by atoms with Gasteiger partial charge in [-0.05, 0) is 47.5 Å². The van der Waals surface area contributed by atoms with Gasteiger partial charge in [-0.15, -0.1) is 0 Å². The molecular weight excluding hydrogens is 518 g/mol. The Hall–Kier alpha value is -4.60. The molecule has 0 aliphatic rings. The fraction of sp³-hybridized carbons (Fsp3) is 0.103. The summed E-state index contributed by atoms with van der Waals surface area (Å²) in [5, 5.41) is 10.0. The number of aromatic nitrogens is 4. The number of alkyl halides is 6. The van der Waals surface area contributed by atoms with Crippen LogP contribution in [0.2, 0.25) is 0 Å². The molecule has 0 spiro atoms. The van der Waals surface area contributed by atoms with Crippen LogP contribution in [0.4, 0.5) is 26.3 Å². The first kappa shape index (κ1) is 24.7. The molecule has 0 bridgehead atoms. The predicted octanol–water partition coefficient (Wildman–Crippen LogP) is 7.78. The normalized spacial score (nSPS) is 12.9. The molecule has 0 saturated carbocycles. The highest BCUT2D eigenvalue weighted by Gasteiger charge is 2.72. The van der Waals surface area contributed by atoms with Crippen LogP contribution >= 0.6 is 0 Å². The molecule has 2 aromatic heterocycles. The van der Waals surface area contributed by atoms with Crippen molar-refractivity contribution in [3.05, 3.63) is 121 Å². The van der Waals surface area contributed by atoms with Gasteiger partial charge in [0, 0.05) is 23.2 Å². The molecule has 0 saturated heterocycles. The maximum Gasteiger partial charge on any atom is 0.411 e. The predicted molar refractivity (Wildman–Crippen MR) is 135 cm³/mol. The minimum absolute atomic E-state index is 0.0658. The molecule has 0 amide bonds. The average molecular weight is 536 g/mol. The summed E-state index contributed by atoms with van der Waals surface area (Å²) in [4.78, 5) is 0. The van der Waals surface area contributed by atoms with Crippen molar-refractivity contribution in [2.24, 2.45) is 0 Å². The number of halogens is 6. The van der Waals surface area contributed by atoms with Crippen LogP contribution < -0.4 is 0 Å². The van der Waals surface area contributed by atoms with Crippen molar-refractivity contribution < 1.29 is 26.3 Å². The Bertz CT molecular complexity index is 1610. The van der Waals surface area contributed by atoms with Gasteiger partial charge >= 0.3 is 12.4 Å². The summed E-state index contributed by atoms with van der Waals surface area (Å²) in [5.74, 6) is 0. The van der Waals surface area contributed by atoms with Crippen LogP contribution in [0.5, 0.6) is 0 Å². The standard InChI is InChI=1S/C29H18F6N4/c30-28(31,32)27(29(33,34)35,21-9-5-11-23(15-21)38-17-19-7-1-3-13-25(19)36-38)22-10-6-12-24(16-22)39-18-20-8-2-4-14-26(20)37-39/h1-18H. The Kier molecular flexibility index (Phi) is 5.53. The molecule has 0 aliphatic heterocycles. The summed E-state index contributed by atoms with van der Waals surface area (Å²) in [6.07, 6.45) is -8.35. The zero-order valence-electron chi connectivity index (χ0n) is 19.9. The molecule has 0 atom stereocenters. The molecule has 2 heterocycles. The van der Waals surface area contributed by atoms with Gasteiger partial charge in [0.1, 0.15) is 0 Å². The van der Waals surface area contributed by atoms with Gasteiger partial charge in [0.25, 0.3) is 0 Å². The van der Waals surface area contributed by atoms with Gasteiger partial charge in [-0.3, -0.25) is 0 Å². The Morgan fingerprint density at radius 1 is 0.487 bits per heavy atom. The van der Waals surface area contributed by atoms with Crippen LogP contribution in [0.1, 0.15) is 11.1 Å². The molecule has 196 valence electrons. The lowest BCUT2D eigenvalue weighted by Crippen LogP contribution is -2.54. The summed E-state index contributed by atoms with van der Waals surface area (Å²) in [6, 6.07) is 22.6. The highest BCUT2D eigenvalue weighted by molar-refractivity contribution is 5.79. The second kappa shape index (κ2) is 8.72. The lowest BCUT2D eigenvalue weighted by Gasteiger charge is -2.38. The van der Waals surface area contributed by atoms with E-state index in [0.29, 0.717) is 21.8 Å². The Labute approximate surface area is 217 Å². The molecule has 0 unspecified atom stereocenters. The number of hydrogen-bond acceptors (Lipinski definition) is 2. The Balaban J connectivity index is 1.56. The first-order valence-electron chi connectivity index (χ1n) is 11.8. The van der Waals surface area contributed by atoms with E-state index in [9.17, 15) is 26.3 Å². The highest BCUT2D eigenvalue weighted by Crippen LogP contribution is 2.56. The van der Waals surface area contributed by atoms with Gasteiger partial charge in [0.05, 0.1) is 22.4 Å². The molecule has 6 aromatic rings. The molecule has 0 fully saturated rings. The van der Waals surface area contributed by atoms with E-state index in [1.54, 1.807) is 60.9 Å². The lowest BCUT2D eigenvalue weighted by atomic mass is 9.72. The molecule has 6 rings (SSSR count). The van der Waals surface area contributed by atoms with Crippen LogP contribution in [-0.4, -0.2) is 31.9 Å². The quantitative estimate of drug-likeness (QED) is 0.216. The van der Waals surface area contributed by atoms with Gasteiger partial charge in [0.2, 0.25) is 5.41 Å². The average Bonchev–Trinajstić information content (AvgIpc) is 3.52. The number of nitrogens with zero attached hydrogens (tertiary/aromatic N) is 4. The molecule has 0 N–H and O–H groups in total. The number of rotatable bonds is 4. The minimum Gasteiger partial charge on any atom is -0.240 e. The third-order valence-electron chi connectivity index (χ3n) is 6.77. The number of benzene rings is 4. The SMILES string of the molecule is FC(F)(F)C(c1cccc(-n2cc3ccccc3n2)c1)(c1cccc(-n2cc3ccccc3n2)c1)C(F)(F)F. The van der Waals surface area contributed by atoms with Crippen molar-refractivity contribution in [2.75, 3.05) is 0 Å². The largest absolute Gasteiger partial charge is 0.411 e. The van der Waals surface area contributed by atoms with Gasteiger partial charge in [-0.2, -0.15) is 36.5 Å². The summed E-state index contributed by atoms with van der Waals surface area (Å²) in [6.45, 7) is 0.